The zero-order valence-electron chi connectivity index (χ0n) is 12.9. The highest BCUT2D eigenvalue weighted by molar-refractivity contribution is 4.53. The highest BCUT2D eigenvalue weighted by Gasteiger charge is 2.30. The maximum absolute atomic E-state index is 5.50. The Morgan fingerprint density at radius 3 is 1.63 bits per heavy atom. The molecule has 2 fully saturated rings. The van der Waals surface area contributed by atoms with Crippen LogP contribution in [-0.4, -0.2) is 75.5 Å². The van der Waals surface area contributed by atoms with E-state index in [9.17, 15) is 0 Å². The van der Waals surface area contributed by atoms with E-state index in [1.807, 2.05) is 0 Å². The molecule has 2 rings (SSSR count). The summed E-state index contributed by atoms with van der Waals surface area (Å²) < 4.78 is 8.04. The Morgan fingerprint density at radius 1 is 0.684 bits per heavy atom. The fraction of sp³-hybridized carbons (Fsp3) is 1.00. The SMILES string of the molecule is C[N+]1(CC[N+]2(C)CCOCC2)CCCCCCC1.[Br-]. The average Bonchev–Trinajstić information content (AvgIpc) is 2.34. The first-order valence-electron chi connectivity index (χ1n) is 7.87. The summed E-state index contributed by atoms with van der Waals surface area (Å²) in [5.74, 6) is 0. The van der Waals surface area contributed by atoms with Gasteiger partial charge < -0.3 is 30.7 Å². The summed E-state index contributed by atoms with van der Waals surface area (Å²) in [6.07, 6.45) is 7.24. The number of nitrogens with zero attached hydrogens (tertiary/aromatic N) is 2. The second-order valence-electron chi connectivity index (χ2n) is 6.96. The number of rotatable bonds is 3. The van der Waals surface area contributed by atoms with E-state index in [2.05, 4.69) is 14.1 Å². The van der Waals surface area contributed by atoms with Crippen molar-refractivity contribution < 1.29 is 30.7 Å². The molecule has 0 aromatic rings. The van der Waals surface area contributed by atoms with Gasteiger partial charge in [0.25, 0.3) is 0 Å². The molecule has 19 heavy (non-hydrogen) atoms. The fourth-order valence-corrected chi connectivity index (χ4v) is 3.34. The molecule has 2 saturated heterocycles. The number of hydrogen-bond donors (Lipinski definition) is 0. The molecule has 0 aromatic heterocycles. The lowest BCUT2D eigenvalue weighted by molar-refractivity contribution is -0.967. The minimum absolute atomic E-state index is 0. The lowest BCUT2D eigenvalue weighted by Crippen LogP contribution is -3.00. The molecule has 0 N–H and O–H groups in total. The molecule has 2 aliphatic heterocycles. The van der Waals surface area contributed by atoms with Crippen molar-refractivity contribution in [1.82, 2.24) is 0 Å². The lowest BCUT2D eigenvalue weighted by Gasteiger charge is -2.42. The van der Waals surface area contributed by atoms with Gasteiger partial charge in [0.15, 0.2) is 0 Å². The van der Waals surface area contributed by atoms with Gasteiger partial charge in [-0.15, -0.1) is 0 Å². The lowest BCUT2D eigenvalue weighted by atomic mass is 10.1. The minimum atomic E-state index is 0. The van der Waals surface area contributed by atoms with Crippen LogP contribution in [0.1, 0.15) is 32.1 Å². The molecule has 0 spiro atoms. The number of likely N-dealkylation sites (tertiary alicyclic amines) is 1. The summed E-state index contributed by atoms with van der Waals surface area (Å²) in [5.41, 5.74) is 0. The Hall–Kier alpha value is 0.360. The third-order valence-electron chi connectivity index (χ3n) is 5.13. The number of ether oxygens (including phenoxy) is 1. The van der Waals surface area contributed by atoms with E-state index in [0.29, 0.717) is 0 Å². The Bertz CT molecular complexity index is 247. The zero-order chi connectivity index (χ0) is 12.9. The molecule has 0 bridgehead atoms. The van der Waals surface area contributed by atoms with Crippen molar-refractivity contribution in [2.24, 2.45) is 0 Å². The average molecular weight is 336 g/mol. The Morgan fingerprint density at radius 2 is 1.11 bits per heavy atom. The summed E-state index contributed by atoms with van der Waals surface area (Å²) >= 11 is 0. The third-order valence-corrected chi connectivity index (χ3v) is 5.13. The van der Waals surface area contributed by atoms with Gasteiger partial charge in [-0.3, -0.25) is 0 Å². The molecule has 0 atom stereocenters. The molecule has 0 saturated carbocycles. The molecule has 2 aliphatic rings. The van der Waals surface area contributed by atoms with Crippen molar-refractivity contribution >= 4 is 0 Å². The number of morpholine rings is 1. The smallest absolute Gasteiger partial charge is 0.128 e. The van der Waals surface area contributed by atoms with Crippen molar-refractivity contribution in [2.75, 3.05) is 66.6 Å². The number of quaternary nitrogens is 2. The van der Waals surface area contributed by atoms with Gasteiger partial charge in [-0.2, -0.15) is 0 Å². The second-order valence-corrected chi connectivity index (χ2v) is 6.96. The molecule has 0 unspecified atom stereocenters. The van der Waals surface area contributed by atoms with Crippen LogP contribution in [0.3, 0.4) is 0 Å². The van der Waals surface area contributed by atoms with Crippen molar-refractivity contribution in [3.05, 3.63) is 0 Å². The predicted octanol–water partition coefficient (Wildman–Crippen LogP) is -1.12. The first-order chi connectivity index (χ1) is 8.62. The van der Waals surface area contributed by atoms with Gasteiger partial charge in [0.1, 0.15) is 26.2 Å². The van der Waals surface area contributed by atoms with Gasteiger partial charge in [-0.25, -0.2) is 0 Å². The van der Waals surface area contributed by atoms with Crippen molar-refractivity contribution in [3.8, 4) is 0 Å². The highest BCUT2D eigenvalue weighted by Crippen LogP contribution is 2.17. The predicted molar refractivity (Wildman–Crippen MR) is 75.5 cm³/mol. The van der Waals surface area contributed by atoms with Crippen molar-refractivity contribution in [2.45, 2.75) is 32.1 Å². The third kappa shape index (κ3) is 5.70. The first kappa shape index (κ1) is 17.4. The van der Waals surface area contributed by atoms with Crippen LogP contribution in [0.2, 0.25) is 0 Å². The second kappa shape index (κ2) is 7.96. The highest BCUT2D eigenvalue weighted by atomic mass is 79.9. The molecule has 0 aromatic carbocycles. The van der Waals surface area contributed by atoms with E-state index in [1.165, 1.54) is 80.3 Å². The van der Waals surface area contributed by atoms with Crippen LogP contribution in [-0.2, 0) is 4.74 Å². The Kier molecular flexibility index (Phi) is 7.30. The topological polar surface area (TPSA) is 9.23 Å². The van der Waals surface area contributed by atoms with Crippen molar-refractivity contribution in [3.63, 3.8) is 0 Å². The van der Waals surface area contributed by atoms with E-state index >= 15 is 0 Å². The summed E-state index contributed by atoms with van der Waals surface area (Å²) in [7, 11) is 4.90. The van der Waals surface area contributed by atoms with E-state index in [1.54, 1.807) is 0 Å². The van der Waals surface area contributed by atoms with Gasteiger partial charge >= 0.3 is 0 Å². The molecule has 114 valence electrons. The molecule has 0 amide bonds. The minimum Gasteiger partial charge on any atom is -1.00 e. The van der Waals surface area contributed by atoms with Crippen LogP contribution in [0.15, 0.2) is 0 Å². The zero-order valence-corrected chi connectivity index (χ0v) is 14.5. The van der Waals surface area contributed by atoms with Gasteiger partial charge in [0.05, 0.1) is 40.4 Å². The van der Waals surface area contributed by atoms with E-state index in [4.69, 9.17) is 4.74 Å². The summed E-state index contributed by atoms with van der Waals surface area (Å²) in [6, 6.07) is 0. The fourth-order valence-electron chi connectivity index (χ4n) is 3.34. The monoisotopic (exact) mass is 335 g/mol. The molecular weight excluding hydrogens is 304 g/mol. The van der Waals surface area contributed by atoms with Crippen LogP contribution in [0, 0.1) is 0 Å². The Balaban J connectivity index is 0.00000180. The molecule has 2 heterocycles. The van der Waals surface area contributed by atoms with E-state index < -0.39 is 0 Å². The van der Waals surface area contributed by atoms with Crippen molar-refractivity contribution in [1.29, 1.82) is 0 Å². The molecular formula is C15H32BrN2O+. The van der Waals surface area contributed by atoms with E-state index in [0.717, 1.165) is 13.2 Å². The van der Waals surface area contributed by atoms with Gasteiger partial charge in [0, 0.05) is 0 Å². The quantitative estimate of drug-likeness (QED) is 0.593. The van der Waals surface area contributed by atoms with Crippen LogP contribution in [0.4, 0.5) is 0 Å². The summed E-state index contributed by atoms with van der Waals surface area (Å²) in [5, 5.41) is 0. The van der Waals surface area contributed by atoms with Crippen LogP contribution in [0.5, 0.6) is 0 Å². The first-order valence-corrected chi connectivity index (χ1v) is 7.87. The van der Waals surface area contributed by atoms with Gasteiger partial charge in [0.2, 0.25) is 0 Å². The normalized spacial score (nSPS) is 26.8. The number of hydrogen-bond acceptors (Lipinski definition) is 1. The maximum atomic E-state index is 5.50. The number of likely N-dealkylation sites (N-methyl/N-ethyl adjacent to an activating group) is 2. The molecule has 3 nitrogen and oxygen atoms in total. The van der Waals surface area contributed by atoms with Crippen LogP contribution >= 0.6 is 0 Å². The van der Waals surface area contributed by atoms with E-state index in [-0.39, 0.29) is 17.0 Å². The van der Waals surface area contributed by atoms with Crippen LogP contribution in [0.25, 0.3) is 0 Å². The molecule has 0 radical (unpaired) electrons. The number of halogens is 1. The summed E-state index contributed by atoms with van der Waals surface area (Å²) in [6.45, 7) is 9.82. The largest absolute Gasteiger partial charge is 1.00 e. The molecule has 4 heteroatoms. The van der Waals surface area contributed by atoms with Gasteiger partial charge in [-0.1, -0.05) is 6.42 Å². The molecule has 0 aliphatic carbocycles. The Labute approximate surface area is 129 Å². The van der Waals surface area contributed by atoms with Gasteiger partial charge in [-0.05, 0) is 25.7 Å². The maximum Gasteiger partial charge on any atom is 0.128 e. The standard InChI is InChI=1S/C15H32N2O.BrH/c1-16(8-6-4-3-5-7-9-16)10-11-17(2)12-14-18-15-13-17;/h3-15H2,1-2H3;1H/q+2;/p-1. The summed E-state index contributed by atoms with van der Waals surface area (Å²) in [4.78, 5) is 0. The van der Waals surface area contributed by atoms with Crippen LogP contribution < -0.4 is 17.0 Å².